The molecular weight excluding hydrogens is 249 g/mol. The van der Waals surface area contributed by atoms with Crippen molar-refractivity contribution in [2.75, 3.05) is 13.2 Å². The lowest BCUT2D eigenvalue weighted by Gasteiger charge is -2.25. The molecule has 0 unspecified atom stereocenters. The molecular formula is C13H22NO3P. The number of hydrogen-bond acceptors (Lipinski definition) is 4. The van der Waals surface area contributed by atoms with Crippen molar-refractivity contribution in [2.24, 2.45) is 5.73 Å². The minimum Gasteiger partial charge on any atom is -0.314 e. The van der Waals surface area contributed by atoms with Gasteiger partial charge in [-0.2, -0.15) is 0 Å². The summed E-state index contributed by atoms with van der Waals surface area (Å²) in [5, 5.41) is 0. The van der Waals surface area contributed by atoms with E-state index in [9.17, 15) is 4.57 Å². The summed E-state index contributed by atoms with van der Waals surface area (Å²) in [6.07, 6.45) is 0. The Morgan fingerprint density at radius 1 is 1.22 bits per heavy atom. The van der Waals surface area contributed by atoms with Gasteiger partial charge < -0.3 is 14.8 Å². The van der Waals surface area contributed by atoms with Gasteiger partial charge in [0, 0.05) is 0 Å². The van der Waals surface area contributed by atoms with Gasteiger partial charge in [0.1, 0.15) is 5.78 Å². The monoisotopic (exact) mass is 271 g/mol. The smallest absolute Gasteiger partial charge is 0.314 e. The predicted molar refractivity (Wildman–Crippen MR) is 73.7 cm³/mol. The first-order chi connectivity index (χ1) is 8.46. The van der Waals surface area contributed by atoms with Crippen LogP contribution in [0.4, 0.5) is 0 Å². The minimum absolute atomic E-state index is 0.315. The van der Waals surface area contributed by atoms with Crippen molar-refractivity contribution in [3.63, 3.8) is 0 Å². The lowest BCUT2D eigenvalue weighted by atomic mass is 10.0. The fraction of sp³-hybridized carbons (Fsp3) is 0.538. The molecule has 0 aliphatic carbocycles. The molecule has 0 amide bonds. The third kappa shape index (κ3) is 3.21. The molecule has 1 atom stereocenters. The van der Waals surface area contributed by atoms with E-state index in [1.54, 1.807) is 13.8 Å². The summed E-state index contributed by atoms with van der Waals surface area (Å²) < 4.78 is 23.2. The highest BCUT2D eigenvalue weighted by Gasteiger charge is 2.34. The standard InChI is InChI=1S/C13H22NO3P/c1-5-16-18(15,17-6-2)13(14)12-9-7-8-10(3)11(12)4/h7-9,13H,5-6,14H2,1-4H3/t13-/m0/s1. The summed E-state index contributed by atoms with van der Waals surface area (Å²) in [5.41, 5.74) is 9.07. The first-order valence-corrected chi connectivity index (χ1v) is 7.78. The topological polar surface area (TPSA) is 61.5 Å². The Bertz CT molecular complexity index is 438. The number of rotatable bonds is 6. The molecule has 0 bridgehead atoms. The number of hydrogen-bond donors (Lipinski definition) is 1. The zero-order valence-electron chi connectivity index (χ0n) is 11.5. The van der Waals surface area contributed by atoms with Gasteiger partial charge >= 0.3 is 7.60 Å². The maximum absolute atomic E-state index is 12.6. The molecule has 0 fully saturated rings. The molecule has 0 aromatic heterocycles. The predicted octanol–water partition coefficient (Wildman–Crippen LogP) is 3.53. The van der Waals surface area contributed by atoms with E-state index in [0.29, 0.717) is 13.2 Å². The van der Waals surface area contributed by atoms with Crippen molar-refractivity contribution in [1.29, 1.82) is 0 Å². The van der Waals surface area contributed by atoms with Gasteiger partial charge in [0.25, 0.3) is 0 Å². The lowest BCUT2D eigenvalue weighted by Crippen LogP contribution is -2.16. The highest BCUT2D eigenvalue weighted by molar-refractivity contribution is 7.54. The fourth-order valence-electron chi connectivity index (χ4n) is 1.82. The van der Waals surface area contributed by atoms with Gasteiger partial charge in [0.2, 0.25) is 0 Å². The van der Waals surface area contributed by atoms with Gasteiger partial charge in [0.15, 0.2) is 0 Å². The molecule has 1 aromatic carbocycles. The highest BCUT2D eigenvalue weighted by Crippen LogP contribution is 2.58. The summed E-state index contributed by atoms with van der Waals surface area (Å²) in [6, 6.07) is 5.77. The number of aryl methyl sites for hydroxylation is 1. The van der Waals surface area contributed by atoms with Crippen LogP contribution in [0.5, 0.6) is 0 Å². The Hall–Kier alpha value is -0.670. The van der Waals surface area contributed by atoms with Gasteiger partial charge in [-0.05, 0) is 44.4 Å². The largest absolute Gasteiger partial charge is 0.351 e. The van der Waals surface area contributed by atoms with Gasteiger partial charge in [0.05, 0.1) is 13.2 Å². The average Bonchev–Trinajstić information content (AvgIpc) is 2.32. The molecule has 0 aliphatic rings. The molecule has 0 saturated carbocycles. The van der Waals surface area contributed by atoms with Gasteiger partial charge in [-0.3, -0.25) is 4.57 Å². The Labute approximate surface area is 109 Å². The normalized spacial score (nSPS) is 13.6. The molecule has 2 N–H and O–H groups in total. The summed E-state index contributed by atoms with van der Waals surface area (Å²) in [4.78, 5) is 0. The van der Waals surface area contributed by atoms with Crippen LogP contribution in [0, 0.1) is 13.8 Å². The third-order valence-electron chi connectivity index (χ3n) is 2.92. The van der Waals surface area contributed by atoms with Gasteiger partial charge in [-0.15, -0.1) is 0 Å². The Kier molecular flexibility index (Phi) is 5.54. The van der Waals surface area contributed by atoms with Crippen molar-refractivity contribution >= 4 is 7.60 Å². The van der Waals surface area contributed by atoms with Crippen molar-refractivity contribution < 1.29 is 13.6 Å². The van der Waals surface area contributed by atoms with Crippen molar-refractivity contribution in [2.45, 2.75) is 33.5 Å². The van der Waals surface area contributed by atoms with Gasteiger partial charge in [-0.1, -0.05) is 18.2 Å². The summed E-state index contributed by atoms with van der Waals surface area (Å²) >= 11 is 0. The van der Waals surface area contributed by atoms with Crippen LogP contribution in [0.3, 0.4) is 0 Å². The SMILES string of the molecule is CCOP(=O)(OCC)[C@H](N)c1cccc(C)c1C. The van der Waals surface area contributed by atoms with Crippen molar-refractivity contribution in [3.8, 4) is 0 Å². The molecule has 0 heterocycles. The van der Waals surface area contributed by atoms with Crippen LogP contribution in [-0.4, -0.2) is 13.2 Å². The van der Waals surface area contributed by atoms with Crippen LogP contribution < -0.4 is 5.73 Å². The van der Waals surface area contributed by atoms with Crippen LogP contribution in [0.1, 0.15) is 36.3 Å². The fourth-order valence-corrected chi connectivity index (χ4v) is 3.56. The van der Waals surface area contributed by atoms with Crippen LogP contribution in [0.15, 0.2) is 18.2 Å². The molecule has 0 radical (unpaired) electrons. The third-order valence-corrected chi connectivity index (χ3v) is 5.12. The first kappa shape index (κ1) is 15.4. The highest BCUT2D eigenvalue weighted by atomic mass is 31.2. The van der Waals surface area contributed by atoms with E-state index < -0.39 is 13.4 Å². The molecule has 18 heavy (non-hydrogen) atoms. The Balaban J connectivity index is 3.13. The summed E-state index contributed by atoms with van der Waals surface area (Å²) in [5.74, 6) is -0.739. The van der Waals surface area contributed by atoms with Crippen molar-refractivity contribution in [1.82, 2.24) is 0 Å². The molecule has 102 valence electrons. The number of benzene rings is 1. The quantitative estimate of drug-likeness (QED) is 0.804. The second-order valence-electron chi connectivity index (χ2n) is 4.11. The van der Waals surface area contributed by atoms with E-state index in [1.165, 1.54) is 0 Å². The van der Waals surface area contributed by atoms with Crippen LogP contribution >= 0.6 is 7.60 Å². The maximum atomic E-state index is 12.6. The molecule has 1 rings (SSSR count). The molecule has 1 aromatic rings. The maximum Gasteiger partial charge on any atom is 0.351 e. The van der Waals surface area contributed by atoms with E-state index in [-0.39, 0.29) is 0 Å². The zero-order valence-corrected chi connectivity index (χ0v) is 12.4. The zero-order chi connectivity index (χ0) is 13.8. The van der Waals surface area contributed by atoms with E-state index in [4.69, 9.17) is 14.8 Å². The molecule has 0 saturated heterocycles. The van der Waals surface area contributed by atoms with E-state index in [0.717, 1.165) is 16.7 Å². The second kappa shape index (κ2) is 6.48. The van der Waals surface area contributed by atoms with E-state index in [1.807, 2.05) is 32.0 Å². The Morgan fingerprint density at radius 3 is 2.28 bits per heavy atom. The van der Waals surface area contributed by atoms with Gasteiger partial charge in [-0.25, -0.2) is 0 Å². The summed E-state index contributed by atoms with van der Waals surface area (Å²) in [6.45, 7) is 8.15. The average molecular weight is 271 g/mol. The molecule has 0 aliphatic heterocycles. The van der Waals surface area contributed by atoms with Crippen LogP contribution in [0.25, 0.3) is 0 Å². The van der Waals surface area contributed by atoms with E-state index >= 15 is 0 Å². The lowest BCUT2D eigenvalue weighted by molar-refractivity contribution is 0.212. The first-order valence-electron chi connectivity index (χ1n) is 6.16. The minimum atomic E-state index is -3.30. The van der Waals surface area contributed by atoms with Crippen LogP contribution in [-0.2, 0) is 13.6 Å². The van der Waals surface area contributed by atoms with Crippen LogP contribution in [0.2, 0.25) is 0 Å². The molecule has 5 heteroatoms. The Morgan fingerprint density at radius 2 is 1.78 bits per heavy atom. The molecule has 0 spiro atoms. The van der Waals surface area contributed by atoms with E-state index in [2.05, 4.69) is 0 Å². The second-order valence-corrected chi connectivity index (χ2v) is 6.26. The van der Waals surface area contributed by atoms with Crippen molar-refractivity contribution in [3.05, 3.63) is 34.9 Å². The summed E-state index contributed by atoms with van der Waals surface area (Å²) in [7, 11) is -3.30. The number of nitrogens with two attached hydrogens (primary N) is 1. The molecule has 4 nitrogen and oxygen atoms in total.